The van der Waals surface area contributed by atoms with E-state index < -0.39 is 0 Å². The Morgan fingerprint density at radius 1 is 1.10 bits per heavy atom. The molecule has 1 amide bonds. The van der Waals surface area contributed by atoms with Gasteiger partial charge >= 0.3 is 0 Å². The fourth-order valence-electron chi connectivity index (χ4n) is 3.57. The van der Waals surface area contributed by atoms with Gasteiger partial charge in [0.15, 0.2) is 5.69 Å². The molecule has 1 saturated heterocycles. The highest BCUT2D eigenvalue weighted by molar-refractivity contribution is 5.92. The number of piperidine rings is 1. The average molecular weight is 391 g/mol. The van der Waals surface area contributed by atoms with E-state index in [1.54, 1.807) is 18.0 Å². The number of nitrogens with one attached hydrogen (secondary N) is 1. The van der Waals surface area contributed by atoms with Gasteiger partial charge < -0.3 is 10.1 Å². The molecule has 3 aromatic rings. The lowest BCUT2D eigenvalue weighted by molar-refractivity contribution is 0.0904. The molecule has 0 unspecified atom stereocenters. The van der Waals surface area contributed by atoms with E-state index in [1.807, 2.05) is 30.3 Å². The molecule has 0 radical (unpaired) electrons. The summed E-state index contributed by atoms with van der Waals surface area (Å²) >= 11 is 0. The number of carbonyl (C=O) groups is 1. The van der Waals surface area contributed by atoms with Gasteiger partial charge in [0.25, 0.3) is 5.91 Å². The molecule has 1 N–H and O–H groups in total. The van der Waals surface area contributed by atoms with E-state index >= 15 is 0 Å². The van der Waals surface area contributed by atoms with Crippen molar-refractivity contribution in [1.82, 2.24) is 25.2 Å². The number of nitrogens with zero attached hydrogens (tertiary/aromatic N) is 4. The lowest BCUT2D eigenvalue weighted by Gasteiger charge is -2.32. The van der Waals surface area contributed by atoms with Crippen molar-refractivity contribution >= 4 is 5.91 Å². The van der Waals surface area contributed by atoms with Crippen LogP contribution in [0.5, 0.6) is 5.75 Å². The molecule has 1 aromatic heterocycles. The van der Waals surface area contributed by atoms with E-state index in [4.69, 9.17) is 4.74 Å². The number of methoxy groups -OCH3 is 1. The number of aromatic nitrogens is 3. The van der Waals surface area contributed by atoms with Gasteiger partial charge in [-0.1, -0.05) is 35.5 Å². The highest BCUT2D eigenvalue weighted by Crippen LogP contribution is 2.16. The third-order valence-electron chi connectivity index (χ3n) is 5.23. The van der Waals surface area contributed by atoms with Crippen molar-refractivity contribution in [2.45, 2.75) is 25.4 Å². The molecule has 0 atom stereocenters. The minimum Gasteiger partial charge on any atom is -0.497 e. The minimum atomic E-state index is -0.175. The second kappa shape index (κ2) is 8.87. The predicted octanol–water partition coefficient (Wildman–Crippen LogP) is 2.67. The van der Waals surface area contributed by atoms with Crippen LogP contribution >= 0.6 is 0 Å². The topological polar surface area (TPSA) is 72.3 Å². The summed E-state index contributed by atoms with van der Waals surface area (Å²) in [7, 11) is 1.62. The highest BCUT2D eigenvalue weighted by Gasteiger charge is 2.22. The first-order valence-corrected chi connectivity index (χ1v) is 9.85. The van der Waals surface area contributed by atoms with Gasteiger partial charge in [0.2, 0.25) is 0 Å². The molecule has 7 nitrogen and oxygen atoms in total. The van der Waals surface area contributed by atoms with Crippen LogP contribution in [0.25, 0.3) is 5.69 Å². The second-order valence-electron chi connectivity index (χ2n) is 7.26. The van der Waals surface area contributed by atoms with Gasteiger partial charge in [-0.15, -0.1) is 5.10 Å². The third kappa shape index (κ3) is 4.81. The molecule has 4 rings (SSSR count). The van der Waals surface area contributed by atoms with Crippen LogP contribution in [0.1, 0.15) is 28.9 Å². The molecule has 7 heteroatoms. The third-order valence-corrected chi connectivity index (χ3v) is 5.23. The maximum Gasteiger partial charge on any atom is 0.273 e. The number of ether oxygens (including phenoxy) is 1. The van der Waals surface area contributed by atoms with E-state index in [1.165, 1.54) is 5.56 Å². The van der Waals surface area contributed by atoms with Crippen molar-refractivity contribution in [3.8, 4) is 11.4 Å². The van der Waals surface area contributed by atoms with Crippen LogP contribution in [-0.2, 0) is 6.54 Å². The molecule has 1 fully saturated rings. The van der Waals surface area contributed by atoms with Gasteiger partial charge in [-0.25, -0.2) is 4.68 Å². The lowest BCUT2D eigenvalue weighted by Crippen LogP contribution is -2.44. The Bertz CT molecular complexity index is 931. The summed E-state index contributed by atoms with van der Waals surface area (Å²) in [6.45, 7) is 2.90. The molecule has 0 spiro atoms. The standard InChI is InChI=1S/C22H25N5O2/c1-29-20-9-7-19(8-10-20)27-16-21(24-25-27)22(28)23-18-11-13-26(14-12-18)15-17-5-3-2-4-6-17/h2-10,16,18H,11-15H2,1H3,(H,23,28). The van der Waals surface area contributed by atoms with Gasteiger partial charge in [0.05, 0.1) is 19.0 Å². The van der Waals surface area contributed by atoms with E-state index in [0.717, 1.165) is 43.9 Å². The van der Waals surface area contributed by atoms with Crippen molar-refractivity contribution < 1.29 is 9.53 Å². The summed E-state index contributed by atoms with van der Waals surface area (Å²) in [6.07, 6.45) is 3.53. The van der Waals surface area contributed by atoms with Gasteiger partial charge in [0.1, 0.15) is 5.75 Å². The fraction of sp³-hybridized carbons (Fsp3) is 0.318. The maximum absolute atomic E-state index is 12.6. The Morgan fingerprint density at radius 3 is 2.52 bits per heavy atom. The Labute approximate surface area is 170 Å². The minimum absolute atomic E-state index is 0.167. The van der Waals surface area contributed by atoms with E-state index in [2.05, 4.69) is 44.8 Å². The number of carbonyl (C=O) groups excluding carboxylic acids is 1. The molecule has 0 saturated carbocycles. The number of hydrogen-bond donors (Lipinski definition) is 1. The zero-order valence-electron chi connectivity index (χ0n) is 16.5. The summed E-state index contributed by atoms with van der Waals surface area (Å²) in [5, 5.41) is 11.2. The Kier molecular flexibility index (Phi) is 5.86. The summed E-state index contributed by atoms with van der Waals surface area (Å²) in [5.74, 6) is 0.594. The van der Waals surface area contributed by atoms with Crippen LogP contribution < -0.4 is 10.1 Å². The van der Waals surface area contributed by atoms with Gasteiger partial charge in [0, 0.05) is 25.7 Å². The zero-order valence-corrected chi connectivity index (χ0v) is 16.5. The zero-order chi connectivity index (χ0) is 20.1. The van der Waals surface area contributed by atoms with Crippen molar-refractivity contribution in [3.05, 3.63) is 72.1 Å². The molecular formula is C22H25N5O2. The Balaban J connectivity index is 1.29. The molecule has 29 heavy (non-hydrogen) atoms. The monoisotopic (exact) mass is 391 g/mol. The first-order valence-electron chi connectivity index (χ1n) is 9.85. The van der Waals surface area contributed by atoms with Crippen LogP contribution in [0, 0.1) is 0 Å². The first-order chi connectivity index (χ1) is 14.2. The van der Waals surface area contributed by atoms with Gasteiger partial charge in [-0.2, -0.15) is 0 Å². The SMILES string of the molecule is COc1ccc(-n2cc(C(=O)NC3CCN(Cc4ccccc4)CC3)nn2)cc1. The summed E-state index contributed by atoms with van der Waals surface area (Å²) in [4.78, 5) is 15.0. The predicted molar refractivity (Wildman–Crippen MR) is 110 cm³/mol. The number of hydrogen-bond acceptors (Lipinski definition) is 5. The molecule has 2 heterocycles. The summed E-state index contributed by atoms with van der Waals surface area (Å²) < 4.78 is 6.75. The van der Waals surface area contributed by atoms with Crippen molar-refractivity contribution in [3.63, 3.8) is 0 Å². The van der Waals surface area contributed by atoms with Crippen molar-refractivity contribution in [1.29, 1.82) is 0 Å². The average Bonchev–Trinajstić information content (AvgIpc) is 3.26. The number of rotatable bonds is 6. The molecule has 2 aromatic carbocycles. The lowest BCUT2D eigenvalue weighted by atomic mass is 10.0. The Hall–Kier alpha value is -3.19. The van der Waals surface area contributed by atoms with Gasteiger partial charge in [-0.05, 0) is 42.7 Å². The normalized spacial score (nSPS) is 15.2. The van der Waals surface area contributed by atoms with E-state index in [0.29, 0.717) is 5.69 Å². The van der Waals surface area contributed by atoms with Crippen LogP contribution in [-0.4, -0.2) is 52.0 Å². The molecule has 1 aliphatic rings. The van der Waals surface area contributed by atoms with Crippen LogP contribution in [0.4, 0.5) is 0 Å². The van der Waals surface area contributed by atoms with E-state index in [9.17, 15) is 4.79 Å². The fourth-order valence-corrected chi connectivity index (χ4v) is 3.57. The van der Waals surface area contributed by atoms with Crippen LogP contribution in [0.15, 0.2) is 60.8 Å². The number of amides is 1. The largest absolute Gasteiger partial charge is 0.497 e. The second-order valence-corrected chi connectivity index (χ2v) is 7.26. The van der Waals surface area contributed by atoms with Crippen LogP contribution in [0.3, 0.4) is 0 Å². The van der Waals surface area contributed by atoms with Crippen molar-refractivity contribution in [2.24, 2.45) is 0 Å². The molecule has 1 aliphatic heterocycles. The van der Waals surface area contributed by atoms with Gasteiger partial charge in [-0.3, -0.25) is 9.69 Å². The Morgan fingerprint density at radius 2 is 1.83 bits per heavy atom. The first kappa shape index (κ1) is 19.1. The van der Waals surface area contributed by atoms with E-state index in [-0.39, 0.29) is 11.9 Å². The number of benzene rings is 2. The van der Waals surface area contributed by atoms with Crippen LogP contribution in [0.2, 0.25) is 0 Å². The molecule has 150 valence electrons. The quantitative estimate of drug-likeness (QED) is 0.699. The maximum atomic E-state index is 12.6. The van der Waals surface area contributed by atoms with Crippen molar-refractivity contribution in [2.75, 3.05) is 20.2 Å². The molecule has 0 aliphatic carbocycles. The number of likely N-dealkylation sites (tertiary alicyclic amines) is 1. The highest BCUT2D eigenvalue weighted by atomic mass is 16.5. The molecule has 0 bridgehead atoms. The summed E-state index contributed by atoms with van der Waals surface area (Å²) in [5.41, 5.74) is 2.48. The smallest absolute Gasteiger partial charge is 0.273 e. The summed E-state index contributed by atoms with van der Waals surface area (Å²) in [6, 6.07) is 18.1. The molecular weight excluding hydrogens is 366 g/mol.